The highest BCUT2D eigenvalue weighted by Crippen LogP contribution is 2.35. The number of hydrogen-bond acceptors (Lipinski definition) is 5. The van der Waals surface area contributed by atoms with E-state index in [-0.39, 0.29) is 24.2 Å². The van der Waals surface area contributed by atoms with Gasteiger partial charge >= 0.3 is 0 Å². The predicted octanol–water partition coefficient (Wildman–Crippen LogP) is 6.20. The molecule has 0 amide bonds. The lowest BCUT2D eigenvalue weighted by molar-refractivity contribution is -0.165. The number of nitrogens with zero attached hydrogens (tertiary/aromatic N) is 2. The number of benzene rings is 3. The molecule has 6 heteroatoms. The maximum Gasteiger partial charge on any atom is 0.157 e. The van der Waals surface area contributed by atoms with Crippen LogP contribution in [0.2, 0.25) is 0 Å². The van der Waals surface area contributed by atoms with E-state index in [0.29, 0.717) is 13.2 Å². The Balaban J connectivity index is 1.25. The van der Waals surface area contributed by atoms with E-state index in [4.69, 9.17) is 14.2 Å². The van der Waals surface area contributed by atoms with Crippen molar-refractivity contribution in [1.29, 1.82) is 0 Å². The standard InChI is InChI=1S/C31H37FN2O3/c1-24-21-33(22-25-7-3-2-4-8-25)23-30(26-10-12-27(32)13-11-26)34(24)28-14-16-29(17-15-28)35-19-20-37-31-9-5-6-18-36-31/h2-4,7-8,10-17,24,30-31H,5-6,9,18-23H2,1H3/t24-,30+,31?/m1/s1. The van der Waals surface area contributed by atoms with Crippen molar-refractivity contribution in [3.8, 4) is 5.75 Å². The molecule has 5 rings (SSSR count). The molecular formula is C31H37FN2O3. The molecule has 3 aromatic rings. The molecule has 0 aromatic heterocycles. The normalized spacial score (nSPS) is 22.6. The fourth-order valence-corrected chi connectivity index (χ4v) is 5.43. The lowest BCUT2D eigenvalue weighted by atomic mass is 9.97. The molecule has 2 saturated heterocycles. The first-order valence-corrected chi connectivity index (χ1v) is 13.4. The van der Waals surface area contributed by atoms with Crippen LogP contribution in [0.1, 0.15) is 43.4 Å². The fraction of sp³-hybridized carbons (Fsp3) is 0.419. The quantitative estimate of drug-likeness (QED) is 0.324. The van der Waals surface area contributed by atoms with Crippen molar-refractivity contribution in [2.24, 2.45) is 0 Å². The number of piperazine rings is 1. The average Bonchev–Trinajstić information content (AvgIpc) is 2.93. The van der Waals surface area contributed by atoms with Gasteiger partial charge in [0.05, 0.1) is 12.6 Å². The van der Waals surface area contributed by atoms with Crippen LogP contribution in [0, 0.1) is 5.82 Å². The van der Waals surface area contributed by atoms with Gasteiger partial charge < -0.3 is 19.1 Å². The van der Waals surface area contributed by atoms with Crippen molar-refractivity contribution in [2.45, 2.75) is 51.1 Å². The lowest BCUT2D eigenvalue weighted by Gasteiger charge is -2.47. The van der Waals surface area contributed by atoms with E-state index in [1.165, 1.54) is 5.56 Å². The Hall–Kier alpha value is -2.93. The number of ether oxygens (including phenoxy) is 3. The van der Waals surface area contributed by atoms with Crippen LogP contribution < -0.4 is 9.64 Å². The predicted molar refractivity (Wildman–Crippen MR) is 144 cm³/mol. The van der Waals surface area contributed by atoms with Crippen LogP contribution >= 0.6 is 0 Å². The molecular weight excluding hydrogens is 467 g/mol. The van der Waals surface area contributed by atoms with Crippen molar-refractivity contribution >= 4 is 5.69 Å². The molecule has 2 aliphatic rings. The Kier molecular flexibility index (Phi) is 8.72. The summed E-state index contributed by atoms with van der Waals surface area (Å²) in [5, 5.41) is 0. The minimum Gasteiger partial charge on any atom is -0.491 e. The summed E-state index contributed by atoms with van der Waals surface area (Å²) in [6.07, 6.45) is 3.14. The van der Waals surface area contributed by atoms with Crippen LogP contribution in [-0.2, 0) is 16.0 Å². The van der Waals surface area contributed by atoms with Gasteiger partial charge in [-0.1, -0.05) is 42.5 Å². The van der Waals surface area contributed by atoms with Gasteiger partial charge in [-0.3, -0.25) is 4.90 Å². The Morgan fingerprint density at radius 1 is 0.892 bits per heavy atom. The van der Waals surface area contributed by atoms with E-state index in [2.05, 4.69) is 59.2 Å². The Morgan fingerprint density at radius 2 is 1.68 bits per heavy atom. The highest BCUT2D eigenvalue weighted by molar-refractivity contribution is 5.53. The second kappa shape index (κ2) is 12.5. The molecule has 0 radical (unpaired) electrons. The third-order valence-corrected chi connectivity index (χ3v) is 7.20. The first kappa shape index (κ1) is 25.7. The van der Waals surface area contributed by atoms with E-state index in [1.807, 2.05) is 24.3 Å². The minimum atomic E-state index is -0.208. The highest BCUT2D eigenvalue weighted by Gasteiger charge is 2.33. The third kappa shape index (κ3) is 6.89. The first-order valence-electron chi connectivity index (χ1n) is 13.4. The van der Waals surface area contributed by atoms with Gasteiger partial charge in [-0.25, -0.2) is 4.39 Å². The van der Waals surface area contributed by atoms with Gasteiger partial charge in [-0.2, -0.15) is 0 Å². The molecule has 0 aliphatic carbocycles. The molecule has 0 N–H and O–H groups in total. The van der Waals surface area contributed by atoms with Crippen molar-refractivity contribution in [3.63, 3.8) is 0 Å². The zero-order chi connectivity index (χ0) is 25.5. The van der Waals surface area contributed by atoms with Gasteiger partial charge in [-0.05, 0) is 73.7 Å². The number of rotatable bonds is 9. The van der Waals surface area contributed by atoms with E-state index in [9.17, 15) is 4.39 Å². The molecule has 2 fully saturated rings. The Labute approximate surface area is 219 Å². The van der Waals surface area contributed by atoms with Gasteiger partial charge in [0.25, 0.3) is 0 Å². The van der Waals surface area contributed by atoms with Crippen LogP contribution in [0.5, 0.6) is 5.75 Å². The summed E-state index contributed by atoms with van der Waals surface area (Å²) in [6.45, 7) is 6.77. The zero-order valence-corrected chi connectivity index (χ0v) is 21.6. The largest absolute Gasteiger partial charge is 0.491 e. The molecule has 3 atom stereocenters. The van der Waals surface area contributed by atoms with Crippen LogP contribution in [-0.4, -0.2) is 50.1 Å². The second-order valence-corrected chi connectivity index (χ2v) is 10.0. The molecule has 0 saturated carbocycles. The number of anilines is 1. The summed E-state index contributed by atoms with van der Waals surface area (Å²) in [4.78, 5) is 4.96. The highest BCUT2D eigenvalue weighted by atomic mass is 19.1. The Bertz CT molecular complexity index is 1090. The second-order valence-electron chi connectivity index (χ2n) is 10.0. The van der Waals surface area contributed by atoms with Crippen molar-refractivity contribution in [3.05, 3.63) is 95.8 Å². The van der Waals surface area contributed by atoms with Crippen LogP contribution in [0.25, 0.3) is 0 Å². The molecule has 0 bridgehead atoms. The molecule has 196 valence electrons. The summed E-state index contributed by atoms with van der Waals surface area (Å²) >= 11 is 0. The first-order chi connectivity index (χ1) is 18.2. The van der Waals surface area contributed by atoms with Crippen molar-refractivity contribution < 1.29 is 18.6 Å². The van der Waals surface area contributed by atoms with Gasteiger partial charge in [0.2, 0.25) is 0 Å². The molecule has 2 aliphatic heterocycles. The summed E-state index contributed by atoms with van der Waals surface area (Å²) in [6, 6.07) is 26.2. The maximum absolute atomic E-state index is 13.7. The minimum absolute atomic E-state index is 0.0924. The Morgan fingerprint density at radius 3 is 2.41 bits per heavy atom. The van der Waals surface area contributed by atoms with Gasteiger partial charge in [-0.15, -0.1) is 0 Å². The summed E-state index contributed by atoms with van der Waals surface area (Å²) in [7, 11) is 0. The van der Waals surface area contributed by atoms with Crippen LogP contribution in [0.15, 0.2) is 78.9 Å². The van der Waals surface area contributed by atoms with E-state index >= 15 is 0 Å². The maximum atomic E-state index is 13.7. The number of hydrogen-bond donors (Lipinski definition) is 0. The molecule has 3 aromatic carbocycles. The number of halogens is 1. The lowest BCUT2D eigenvalue weighted by Crippen LogP contribution is -2.53. The van der Waals surface area contributed by atoms with Crippen molar-refractivity contribution in [2.75, 3.05) is 37.8 Å². The zero-order valence-electron chi connectivity index (χ0n) is 21.6. The van der Waals surface area contributed by atoms with E-state index in [0.717, 1.165) is 62.5 Å². The average molecular weight is 505 g/mol. The van der Waals surface area contributed by atoms with Crippen LogP contribution in [0.4, 0.5) is 10.1 Å². The summed E-state index contributed by atoms with van der Waals surface area (Å²) < 4.78 is 31.0. The molecule has 37 heavy (non-hydrogen) atoms. The summed E-state index contributed by atoms with van der Waals surface area (Å²) in [5.74, 6) is 0.617. The monoisotopic (exact) mass is 504 g/mol. The molecule has 0 spiro atoms. The van der Waals surface area contributed by atoms with Gasteiger partial charge in [0, 0.05) is 38.0 Å². The summed E-state index contributed by atoms with van der Waals surface area (Å²) in [5.41, 5.74) is 3.57. The fourth-order valence-electron chi connectivity index (χ4n) is 5.43. The molecule has 1 unspecified atom stereocenters. The molecule has 5 nitrogen and oxygen atoms in total. The van der Waals surface area contributed by atoms with Gasteiger partial charge in [0.15, 0.2) is 6.29 Å². The SMILES string of the molecule is C[C@@H]1CN(Cc2ccccc2)C[C@@H](c2ccc(F)cc2)N1c1ccc(OCCOC2CCCCO2)cc1. The van der Waals surface area contributed by atoms with E-state index < -0.39 is 0 Å². The van der Waals surface area contributed by atoms with E-state index in [1.54, 1.807) is 12.1 Å². The smallest absolute Gasteiger partial charge is 0.157 e. The topological polar surface area (TPSA) is 34.2 Å². The molecule has 2 heterocycles. The third-order valence-electron chi connectivity index (χ3n) is 7.20. The van der Waals surface area contributed by atoms with Crippen molar-refractivity contribution in [1.82, 2.24) is 4.90 Å². The van der Waals surface area contributed by atoms with Crippen LogP contribution in [0.3, 0.4) is 0 Å². The van der Waals surface area contributed by atoms with Gasteiger partial charge in [0.1, 0.15) is 18.2 Å².